The van der Waals surface area contributed by atoms with Gasteiger partial charge in [-0.1, -0.05) is 23.7 Å². The molecule has 2 rings (SSSR count). The number of benzene rings is 1. The summed E-state index contributed by atoms with van der Waals surface area (Å²) < 4.78 is 69.3. The van der Waals surface area contributed by atoms with E-state index in [-0.39, 0.29) is 28.5 Å². The van der Waals surface area contributed by atoms with Crippen LogP contribution in [0.25, 0.3) is 0 Å². The molecule has 1 saturated heterocycles. The van der Waals surface area contributed by atoms with Crippen molar-refractivity contribution in [1.82, 2.24) is 10.0 Å². The largest absolute Gasteiger partial charge is 0.491 e. The highest BCUT2D eigenvalue weighted by Crippen LogP contribution is 2.36. The molecule has 0 unspecified atom stereocenters. The van der Waals surface area contributed by atoms with Gasteiger partial charge in [-0.25, -0.2) is 18.0 Å². The van der Waals surface area contributed by atoms with Crippen LogP contribution in [0.3, 0.4) is 0 Å². The molecule has 1 aliphatic heterocycles. The van der Waals surface area contributed by atoms with Crippen LogP contribution in [-0.4, -0.2) is 51.4 Å². The minimum atomic E-state index is -5.41. The maximum Gasteiger partial charge on any atom is 0.491 e. The monoisotopic (exact) mass is 474 g/mol. The van der Waals surface area contributed by atoms with Gasteiger partial charge in [0.1, 0.15) is 10.9 Å². The van der Waals surface area contributed by atoms with Crippen molar-refractivity contribution in [2.24, 2.45) is 5.41 Å². The van der Waals surface area contributed by atoms with Gasteiger partial charge in [-0.3, -0.25) is 0 Å². The summed E-state index contributed by atoms with van der Waals surface area (Å²) in [4.78, 5) is 23.3. The molecule has 1 fully saturated rings. The number of halogens is 4. The summed E-state index contributed by atoms with van der Waals surface area (Å²) in [5.74, 6) is -4.42. The minimum Gasteiger partial charge on any atom is -0.385 e. The molecule has 13 heteroatoms. The van der Waals surface area contributed by atoms with E-state index in [1.807, 2.05) is 0 Å². The molecule has 0 aromatic heterocycles. The van der Waals surface area contributed by atoms with E-state index in [1.165, 1.54) is 24.3 Å². The highest BCUT2D eigenvalue weighted by Gasteiger charge is 2.49. The SMILES string of the molecule is O=C(OC(=O)C(F)(F)F)[C@@H](NS(=O)(=O)c1ccccc1Cl)C1(CS)CCNCC1. The number of alkyl halides is 3. The fraction of sp³-hybridized carbons (Fsp3) is 0.500. The molecule has 0 spiro atoms. The first-order chi connectivity index (χ1) is 13.4. The summed E-state index contributed by atoms with van der Waals surface area (Å²) in [6.07, 6.45) is -4.99. The van der Waals surface area contributed by atoms with Crippen molar-refractivity contribution >= 4 is 46.2 Å². The van der Waals surface area contributed by atoms with Crippen molar-refractivity contribution in [1.29, 1.82) is 0 Å². The Morgan fingerprint density at radius 1 is 1.28 bits per heavy atom. The summed E-state index contributed by atoms with van der Waals surface area (Å²) in [5, 5.41) is 2.86. The Hall–Kier alpha value is -1.34. The molecule has 1 aromatic rings. The number of carbonyl (C=O) groups is 2. The Bertz CT molecular complexity index is 874. The molecule has 0 saturated carbocycles. The number of esters is 2. The van der Waals surface area contributed by atoms with E-state index in [1.54, 1.807) is 0 Å². The van der Waals surface area contributed by atoms with Crippen molar-refractivity contribution in [3.05, 3.63) is 29.3 Å². The van der Waals surface area contributed by atoms with Crippen LogP contribution >= 0.6 is 24.2 Å². The predicted molar refractivity (Wildman–Crippen MR) is 101 cm³/mol. The number of piperidine rings is 1. The third-order valence-electron chi connectivity index (χ3n) is 4.59. The number of sulfonamides is 1. The Kier molecular flexibility index (Phi) is 7.60. The zero-order valence-corrected chi connectivity index (χ0v) is 17.3. The summed E-state index contributed by atoms with van der Waals surface area (Å²) in [6, 6.07) is 3.56. The minimum absolute atomic E-state index is 0.0420. The van der Waals surface area contributed by atoms with Gasteiger partial charge >= 0.3 is 18.1 Å². The quantitative estimate of drug-likeness (QED) is 0.331. The van der Waals surface area contributed by atoms with Crippen molar-refractivity contribution in [3.8, 4) is 0 Å². The first kappa shape index (κ1) is 23.9. The maximum absolute atomic E-state index is 12.8. The van der Waals surface area contributed by atoms with E-state index >= 15 is 0 Å². The molecule has 29 heavy (non-hydrogen) atoms. The zero-order chi connectivity index (χ0) is 21.9. The van der Waals surface area contributed by atoms with E-state index in [2.05, 4.69) is 27.4 Å². The van der Waals surface area contributed by atoms with Crippen LogP contribution in [0.2, 0.25) is 5.02 Å². The molecule has 0 radical (unpaired) electrons. The Balaban J connectivity index is 2.43. The Morgan fingerprint density at radius 3 is 2.38 bits per heavy atom. The third kappa shape index (κ3) is 5.63. The molecule has 0 aliphatic carbocycles. The topological polar surface area (TPSA) is 102 Å². The van der Waals surface area contributed by atoms with E-state index < -0.39 is 39.6 Å². The average Bonchev–Trinajstić information content (AvgIpc) is 2.66. The molecular formula is C16H18ClF3N2O5S2. The van der Waals surface area contributed by atoms with Crippen molar-refractivity contribution in [3.63, 3.8) is 0 Å². The number of carbonyl (C=O) groups excluding carboxylic acids is 2. The fourth-order valence-corrected chi connectivity index (χ4v) is 5.28. The predicted octanol–water partition coefficient (Wildman–Crippen LogP) is 1.92. The van der Waals surface area contributed by atoms with E-state index in [0.717, 1.165) is 0 Å². The van der Waals surface area contributed by atoms with Gasteiger partial charge in [0.15, 0.2) is 0 Å². The average molecular weight is 475 g/mol. The van der Waals surface area contributed by atoms with Gasteiger partial charge < -0.3 is 10.1 Å². The standard InChI is InChI=1S/C16H18ClF3N2O5S2/c17-10-3-1-2-4-11(10)29(25,26)22-12(13(23)27-14(24)16(18,19)20)15(9-28)5-7-21-8-6-15/h1-4,12,21-22,28H,5-9H2/t12-/m1/s1. The molecule has 1 heterocycles. The zero-order valence-electron chi connectivity index (χ0n) is 14.8. The van der Waals surface area contributed by atoms with Crippen LogP contribution in [0.1, 0.15) is 12.8 Å². The Labute approximate surface area is 175 Å². The molecule has 1 atom stereocenters. The third-order valence-corrected chi connectivity index (χ3v) is 7.14. The smallest absolute Gasteiger partial charge is 0.385 e. The van der Waals surface area contributed by atoms with Crippen LogP contribution in [0, 0.1) is 5.41 Å². The van der Waals surface area contributed by atoms with Crippen LogP contribution < -0.4 is 10.0 Å². The first-order valence-corrected chi connectivity index (χ1v) is 10.8. The first-order valence-electron chi connectivity index (χ1n) is 8.34. The molecule has 0 amide bonds. The lowest BCUT2D eigenvalue weighted by molar-refractivity contribution is -0.203. The second-order valence-corrected chi connectivity index (χ2v) is 8.87. The molecule has 7 nitrogen and oxygen atoms in total. The molecule has 162 valence electrons. The van der Waals surface area contributed by atoms with Gasteiger partial charge in [-0.2, -0.15) is 30.5 Å². The molecule has 2 N–H and O–H groups in total. The lowest BCUT2D eigenvalue weighted by Gasteiger charge is -2.41. The number of thiol groups is 1. The summed E-state index contributed by atoms with van der Waals surface area (Å²) in [7, 11) is -4.43. The highest BCUT2D eigenvalue weighted by molar-refractivity contribution is 7.89. The Morgan fingerprint density at radius 2 is 1.86 bits per heavy atom. The number of nitrogens with one attached hydrogen (secondary N) is 2. The van der Waals surface area contributed by atoms with Crippen LogP contribution in [0.15, 0.2) is 29.2 Å². The van der Waals surface area contributed by atoms with E-state index in [0.29, 0.717) is 13.1 Å². The molecular weight excluding hydrogens is 457 g/mol. The normalized spacial score (nSPS) is 18.1. The van der Waals surface area contributed by atoms with Gasteiger partial charge in [-0.15, -0.1) is 0 Å². The lowest BCUT2D eigenvalue weighted by Crippen LogP contribution is -2.58. The molecule has 1 aromatic carbocycles. The number of hydrogen-bond donors (Lipinski definition) is 3. The van der Waals surface area contributed by atoms with Gasteiger partial charge in [0, 0.05) is 5.41 Å². The van der Waals surface area contributed by atoms with E-state index in [9.17, 15) is 31.2 Å². The molecule has 0 bridgehead atoms. The lowest BCUT2D eigenvalue weighted by atomic mass is 9.74. The number of ether oxygens (including phenoxy) is 1. The summed E-state index contributed by atoms with van der Waals surface area (Å²) in [6.45, 7) is 0.733. The number of rotatable bonds is 6. The molecule has 1 aliphatic rings. The van der Waals surface area contributed by atoms with Crippen LogP contribution in [0.4, 0.5) is 13.2 Å². The van der Waals surface area contributed by atoms with E-state index in [4.69, 9.17) is 11.6 Å². The summed E-state index contributed by atoms with van der Waals surface area (Å²) in [5.41, 5.74) is -1.17. The van der Waals surface area contributed by atoms with Crippen molar-refractivity contribution in [2.75, 3.05) is 18.8 Å². The highest BCUT2D eigenvalue weighted by atomic mass is 35.5. The van der Waals surface area contributed by atoms with Gasteiger partial charge in [-0.05, 0) is 43.8 Å². The van der Waals surface area contributed by atoms with Gasteiger partial charge in [0.2, 0.25) is 10.0 Å². The number of hydrogen-bond acceptors (Lipinski definition) is 7. The van der Waals surface area contributed by atoms with Crippen LogP contribution in [-0.2, 0) is 24.3 Å². The van der Waals surface area contributed by atoms with Gasteiger partial charge in [0.25, 0.3) is 0 Å². The van der Waals surface area contributed by atoms with Crippen molar-refractivity contribution in [2.45, 2.75) is 30.0 Å². The second kappa shape index (κ2) is 9.21. The fourth-order valence-electron chi connectivity index (χ4n) is 2.98. The van der Waals surface area contributed by atoms with Gasteiger partial charge in [0.05, 0.1) is 5.02 Å². The van der Waals surface area contributed by atoms with Crippen molar-refractivity contribution < 1.29 is 35.9 Å². The second-order valence-electron chi connectivity index (χ2n) is 6.46. The van der Waals surface area contributed by atoms with Crippen LogP contribution in [0.5, 0.6) is 0 Å². The summed E-state index contributed by atoms with van der Waals surface area (Å²) >= 11 is 10.1. The maximum atomic E-state index is 12.8.